The van der Waals surface area contributed by atoms with Crippen molar-refractivity contribution in [2.24, 2.45) is 28.1 Å². The van der Waals surface area contributed by atoms with Crippen molar-refractivity contribution in [3.05, 3.63) is 59.3 Å². The fourth-order valence-electron chi connectivity index (χ4n) is 11.6. The summed E-state index contributed by atoms with van der Waals surface area (Å²) in [7, 11) is 0. The summed E-state index contributed by atoms with van der Waals surface area (Å²) in [5.74, 6) is 0.640. The number of aliphatic hydroxyl groups is 1. The first-order chi connectivity index (χ1) is 19.4. The average molecular weight is 558 g/mol. The van der Waals surface area contributed by atoms with Gasteiger partial charge in [0, 0.05) is 38.8 Å². The van der Waals surface area contributed by atoms with Gasteiger partial charge in [-0.15, -0.1) is 0 Å². The van der Waals surface area contributed by atoms with E-state index in [0.717, 1.165) is 32.1 Å². The van der Waals surface area contributed by atoms with E-state index in [1.54, 1.807) is 0 Å². The van der Waals surface area contributed by atoms with Crippen LogP contribution in [0.5, 0.6) is 0 Å². The zero-order valence-corrected chi connectivity index (χ0v) is 25.8. The Balaban J connectivity index is 1.29. The number of aromatic nitrogens is 1. The molecule has 5 heteroatoms. The number of para-hydroxylation sites is 1. The number of fused-ring (bicyclic) bond motifs is 9. The number of rotatable bonds is 1. The molecule has 41 heavy (non-hydrogen) atoms. The largest absolute Gasteiger partial charge is 0.392 e. The fraction of sp³-hybridized carbons (Fsp3) is 0.667. The van der Waals surface area contributed by atoms with Gasteiger partial charge in [-0.05, 0) is 88.8 Å². The number of hydrogen-bond donors (Lipinski definition) is 2. The van der Waals surface area contributed by atoms with E-state index in [1.165, 1.54) is 27.7 Å². The first-order valence-electron chi connectivity index (χ1n) is 16.0. The lowest BCUT2D eigenvalue weighted by molar-refractivity contribution is -0.386. The van der Waals surface area contributed by atoms with E-state index in [9.17, 15) is 5.11 Å². The molecule has 0 bridgehead atoms. The number of nitrogens with one attached hydrogen (secondary N) is 1. The average Bonchev–Trinajstić information content (AvgIpc) is 3.59. The summed E-state index contributed by atoms with van der Waals surface area (Å²) in [6.07, 6.45) is 10.7. The maximum Gasteiger partial charge on any atom is 0.178 e. The van der Waals surface area contributed by atoms with E-state index in [2.05, 4.69) is 95.9 Å². The normalized spacial score (nSPS) is 48.9. The summed E-state index contributed by atoms with van der Waals surface area (Å²) in [5, 5.41) is 13.9. The molecule has 2 N–H and O–H groups in total. The Morgan fingerprint density at radius 1 is 1.07 bits per heavy atom. The van der Waals surface area contributed by atoms with Crippen LogP contribution in [0.3, 0.4) is 0 Å². The number of H-pyrrole nitrogens is 1. The molecule has 3 unspecified atom stereocenters. The quantitative estimate of drug-likeness (QED) is 0.371. The summed E-state index contributed by atoms with van der Waals surface area (Å²) >= 11 is 0. The monoisotopic (exact) mass is 557 g/mol. The van der Waals surface area contributed by atoms with Crippen molar-refractivity contribution in [2.45, 2.75) is 122 Å². The number of allylic oxidation sites excluding steroid dienone is 2. The van der Waals surface area contributed by atoms with Crippen LogP contribution in [-0.4, -0.2) is 46.4 Å². The minimum atomic E-state index is -0.469. The van der Waals surface area contributed by atoms with E-state index < -0.39 is 23.4 Å². The molecular formula is C36H47NO4. The van der Waals surface area contributed by atoms with Gasteiger partial charge < -0.3 is 24.3 Å². The van der Waals surface area contributed by atoms with Gasteiger partial charge in [-0.2, -0.15) is 0 Å². The number of ether oxygens (including phenoxy) is 3. The smallest absolute Gasteiger partial charge is 0.178 e. The molecule has 8 rings (SSSR count). The van der Waals surface area contributed by atoms with E-state index in [-0.39, 0.29) is 40.5 Å². The number of aromatic amines is 1. The summed E-state index contributed by atoms with van der Waals surface area (Å²) in [5.41, 5.74) is 3.92. The predicted molar refractivity (Wildman–Crippen MR) is 161 cm³/mol. The van der Waals surface area contributed by atoms with E-state index >= 15 is 0 Å². The minimum absolute atomic E-state index is 0.0236. The topological polar surface area (TPSA) is 63.7 Å². The van der Waals surface area contributed by atoms with Crippen molar-refractivity contribution in [1.29, 1.82) is 0 Å². The standard InChI is InChI=1S/C36H47NO4/c1-20(2)17-28-40-29-24-12-10-15-36(24)27(39-31(29)32(3,4)41-28)14-16-33(5)34(6)21(19-26(38)35(33,36)7)18-23-22-11-8-9-13-25(22)37-30(23)34/h8-11,13,15,17,21,24,26-29,31,37-38H,12,14,16,18-19H2,1-7H3/t21?,24-,26?,27?,28+,29+,31+,33-,34-,35-,36+/m1/s1. The molecule has 1 spiro atoms. The van der Waals surface area contributed by atoms with Crippen LogP contribution in [0.4, 0.5) is 0 Å². The highest BCUT2D eigenvalue weighted by Crippen LogP contribution is 2.79. The van der Waals surface area contributed by atoms with Gasteiger partial charge in [-0.1, -0.05) is 56.7 Å². The molecule has 4 fully saturated rings. The van der Waals surface area contributed by atoms with E-state index in [4.69, 9.17) is 14.2 Å². The first-order valence-corrected chi connectivity index (χ1v) is 16.0. The molecular weight excluding hydrogens is 510 g/mol. The first kappa shape index (κ1) is 26.7. The second-order valence-corrected chi connectivity index (χ2v) is 15.6. The van der Waals surface area contributed by atoms with Crippen LogP contribution in [0, 0.1) is 28.1 Å². The highest BCUT2D eigenvalue weighted by Gasteiger charge is 2.79. The lowest BCUT2D eigenvalue weighted by Crippen LogP contribution is -2.78. The van der Waals surface area contributed by atoms with Gasteiger partial charge in [0.25, 0.3) is 0 Å². The fourth-order valence-corrected chi connectivity index (χ4v) is 11.6. The molecule has 5 nitrogen and oxygen atoms in total. The zero-order chi connectivity index (χ0) is 28.7. The molecule has 2 aliphatic heterocycles. The van der Waals surface area contributed by atoms with Crippen molar-refractivity contribution in [3.63, 3.8) is 0 Å². The third-order valence-corrected chi connectivity index (χ3v) is 13.7. The van der Waals surface area contributed by atoms with Crippen molar-refractivity contribution in [1.82, 2.24) is 4.98 Å². The van der Waals surface area contributed by atoms with Crippen LogP contribution in [0.1, 0.15) is 85.4 Å². The highest BCUT2D eigenvalue weighted by atomic mass is 16.7. The van der Waals surface area contributed by atoms with Crippen LogP contribution < -0.4 is 0 Å². The molecule has 2 saturated carbocycles. The summed E-state index contributed by atoms with van der Waals surface area (Å²) in [4.78, 5) is 3.94. The zero-order valence-electron chi connectivity index (χ0n) is 25.8. The lowest BCUT2D eigenvalue weighted by Gasteiger charge is -2.75. The Morgan fingerprint density at radius 2 is 1.85 bits per heavy atom. The van der Waals surface area contributed by atoms with Crippen LogP contribution in [0.15, 0.2) is 48.1 Å². The van der Waals surface area contributed by atoms with Gasteiger partial charge in [0.05, 0.1) is 23.9 Å². The Morgan fingerprint density at radius 3 is 2.63 bits per heavy atom. The van der Waals surface area contributed by atoms with Gasteiger partial charge in [0.2, 0.25) is 0 Å². The van der Waals surface area contributed by atoms with Crippen molar-refractivity contribution in [3.8, 4) is 0 Å². The van der Waals surface area contributed by atoms with Gasteiger partial charge in [0.15, 0.2) is 6.29 Å². The Bertz CT molecular complexity index is 1480. The Labute approximate surface area is 244 Å². The maximum absolute atomic E-state index is 12.5. The Hall–Kier alpha value is -1.92. The number of aliphatic hydroxyl groups excluding tert-OH is 1. The number of benzene rings is 1. The van der Waals surface area contributed by atoms with Crippen LogP contribution in [-0.2, 0) is 26.0 Å². The molecule has 1 aromatic carbocycles. The van der Waals surface area contributed by atoms with Crippen molar-refractivity contribution in [2.75, 3.05) is 0 Å². The SMILES string of the molecule is CC(C)=C[C@H]1O[C@H]2[C@H]3CC=C[C@@]34C(CC[C@@]3(C)[C@@]4(C)C(O)CC4Cc5c([nH]c6ccccc56)[C@@]43C)O[C@@H]2C(C)(C)O1. The predicted octanol–water partition coefficient (Wildman–Crippen LogP) is 6.99. The molecule has 1 aromatic heterocycles. The van der Waals surface area contributed by atoms with Crippen molar-refractivity contribution < 1.29 is 19.3 Å². The summed E-state index contributed by atoms with van der Waals surface area (Å²) < 4.78 is 20.5. The van der Waals surface area contributed by atoms with E-state index in [0.29, 0.717) is 5.92 Å². The van der Waals surface area contributed by atoms with Crippen LogP contribution in [0.25, 0.3) is 10.9 Å². The van der Waals surface area contributed by atoms with Crippen LogP contribution >= 0.6 is 0 Å². The van der Waals surface area contributed by atoms with Gasteiger partial charge in [0.1, 0.15) is 6.10 Å². The van der Waals surface area contributed by atoms with Gasteiger partial charge >= 0.3 is 0 Å². The molecule has 4 aliphatic carbocycles. The highest BCUT2D eigenvalue weighted by molar-refractivity contribution is 5.86. The Kier molecular flexibility index (Phi) is 5.31. The molecule has 6 aliphatic rings. The van der Waals surface area contributed by atoms with Crippen molar-refractivity contribution >= 4 is 10.9 Å². The van der Waals surface area contributed by atoms with Crippen LogP contribution in [0.2, 0.25) is 0 Å². The third-order valence-electron chi connectivity index (χ3n) is 13.7. The molecule has 2 aromatic rings. The second-order valence-electron chi connectivity index (χ2n) is 15.6. The summed E-state index contributed by atoms with van der Waals surface area (Å²) in [6.45, 7) is 16.0. The lowest BCUT2D eigenvalue weighted by atomic mass is 9.31. The van der Waals surface area contributed by atoms with Gasteiger partial charge in [-0.25, -0.2) is 0 Å². The molecule has 0 amide bonds. The third kappa shape index (κ3) is 2.93. The number of hydrogen-bond acceptors (Lipinski definition) is 4. The molecule has 11 atom stereocenters. The minimum Gasteiger partial charge on any atom is -0.392 e. The van der Waals surface area contributed by atoms with Gasteiger partial charge in [-0.3, -0.25) is 0 Å². The molecule has 220 valence electrons. The van der Waals surface area contributed by atoms with E-state index in [1.807, 2.05) is 0 Å². The molecule has 3 heterocycles. The molecule has 2 saturated heterocycles. The second kappa shape index (κ2) is 8.16. The summed E-state index contributed by atoms with van der Waals surface area (Å²) in [6, 6.07) is 8.79. The maximum atomic E-state index is 12.5. The molecule has 0 radical (unpaired) electrons.